The molecule has 1 aromatic carbocycles. The first-order chi connectivity index (χ1) is 14.9. The zero-order chi connectivity index (χ0) is 23.7. The Hall–Kier alpha value is -2.07. The monoisotopic (exact) mass is 481 g/mol. The first-order valence-electron chi connectivity index (χ1n) is 10.8. The van der Waals surface area contributed by atoms with E-state index in [1.807, 2.05) is 23.1 Å². The molecule has 2 atom stereocenters. The van der Waals surface area contributed by atoms with E-state index in [2.05, 4.69) is 24.2 Å². The van der Waals surface area contributed by atoms with Crippen LogP contribution in [0.5, 0.6) is 0 Å². The highest BCUT2D eigenvalue weighted by atomic mass is 32.2. The number of nitrogens with one attached hydrogen (secondary N) is 1. The van der Waals surface area contributed by atoms with Crippen molar-refractivity contribution < 1.29 is 22.7 Å². The maximum atomic E-state index is 12.6. The topological polar surface area (TPSA) is 105 Å². The second-order valence-electron chi connectivity index (χ2n) is 8.95. The van der Waals surface area contributed by atoms with Gasteiger partial charge in [0.1, 0.15) is 12.1 Å². The summed E-state index contributed by atoms with van der Waals surface area (Å²) in [4.78, 5) is 30.7. The van der Waals surface area contributed by atoms with Crippen molar-refractivity contribution in [2.45, 2.75) is 64.4 Å². The summed E-state index contributed by atoms with van der Waals surface area (Å²) in [7, 11) is -3.15. The molecule has 2 unspecified atom stereocenters. The van der Waals surface area contributed by atoms with Gasteiger partial charge in [0.2, 0.25) is 0 Å². The number of carbonyl (C=O) groups is 2. The number of amidine groups is 1. The van der Waals surface area contributed by atoms with Crippen molar-refractivity contribution in [1.29, 1.82) is 0 Å². The number of rotatable bonds is 5. The molecule has 2 aliphatic rings. The zero-order valence-corrected chi connectivity index (χ0v) is 20.8. The number of fused-ring (bicyclic) bond motifs is 1. The number of aliphatic imine (C=N–C) groups is 1. The predicted molar refractivity (Wildman–Crippen MR) is 128 cm³/mol. The molecule has 2 heterocycles. The molecule has 2 amide bonds. The van der Waals surface area contributed by atoms with E-state index in [-0.39, 0.29) is 29.3 Å². The van der Waals surface area contributed by atoms with Crippen molar-refractivity contribution >= 4 is 44.5 Å². The first kappa shape index (κ1) is 24.6. The highest BCUT2D eigenvalue weighted by molar-refractivity contribution is 8.16. The summed E-state index contributed by atoms with van der Waals surface area (Å²) >= 11 is 1.33. The van der Waals surface area contributed by atoms with Gasteiger partial charge in [-0.25, -0.2) is 13.2 Å². The van der Waals surface area contributed by atoms with Gasteiger partial charge < -0.3 is 15.0 Å². The van der Waals surface area contributed by atoms with Crippen LogP contribution in [-0.2, 0) is 32.2 Å². The molecule has 2 fully saturated rings. The van der Waals surface area contributed by atoms with Crippen LogP contribution in [0, 0.1) is 0 Å². The van der Waals surface area contributed by atoms with Crippen molar-refractivity contribution in [2.24, 2.45) is 4.99 Å². The van der Waals surface area contributed by atoms with Gasteiger partial charge in [-0.05, 0) is 44.7 Å². The molecule has 32 heavy (non-hydrogen) atoms. The number of thioether (sulfide) groups is 1. The lowest BCUT2D eigenvalue weighted by molar-refractivity contribution is -0.117. The smallest absolute Gasteiger partial charge is 0.408 e. The molecule has 176 valence electrons. The molecule has 3 rings (SSSR count). The number of benzene rings is 1. The molecule has 2 saturated heterocycles. The van der Waals surface area contributed by atoms with Crippen LogP contribution >= 0.6 is 11.8 Å². The molecule has 2 aliphatic heterocycles. The van der Waals surface area contributed by atoms with Crippen LogP contribution in [0.1, 0.15) is 45.7 Å². The van der Waals surface area contributed by atoms with Crippen molar-refractivity contribution in [3.63, 3.8) is 0 Å². The largest absolute Gasteiger partial charge is 0.444 e. The van der Waals surface area contributed by atoms with Crippen molar-refractivity contribution in [1.82, 2.24) is 5.32 Å². The Morgan fingerprint density at radius 3 is 2.38 bits per heavy atom. The summed E-state index contributed by atoms with van der Waals surface area (Å²) in [6.45, 7) is 9.03. The van der Waals surface area contributed by atoms with Crippen molar-refractivity contribution in [2.75, 3.05) is 23.0 Å². The minimum absolute atomic E-state index is 0.0369. The molecule has 0 aliphatic carbocycles. The standard InChI is InChI=1S/C22H31N3O5S2/c1-6-14-9-8-10-15(7-2)19(14)25-16-12-32(28,29)13-17(16)31-20(25)24-18(26)11-23-21(27)30-22(3,4)5/h8-10,16-17H,6-7,11-13H2,1-5H3,(H,23,27). The molecule has 0 radical (unpaired) electrons. The summed E-state index contributed by atoms with van der Waals surface area (Å²) < 4.78 is 29.8. The number of amides is 2. The van der Waals surface area contributed by atoms with Crippen molar-refractivity contribution in [3.8, 4) is 0 Å². The van der Waals surface area contributed by atoms with E-state index < -0.39 is 27.4 Å². The van der Waals surface area contributed by atoms with E-state index in [4.69, 9.17) is 4.74 Å². The Morgan fingerprint density at radius 2 is 1.81 bits per heavy atom. The van der Waals surface area contributed by atoms with Gasteiger partial charge in [0.25, 0.3) is 5.91 Å². The number of hydrogen-bond acceptors (Lipinski definition) is 6. The molecule has 0 saturated carbocycles. The third-order valence-corrected chi connectivity index (χ3v) is 8.49. The lowest BCUT2D eigenvalue weighted by Gasteiger charge is -2.29. The highest BCUT2D eigenvalue weighted by Crippen LogP contribution is 2.43. The molecule has 0 bridgehead atoms. The van der Waals surface area contributed by atoms with Crippen LogP contribution in [-0.4, -0.2) is 60.5 Å². The van der Waals surface area contributed by atoms with Crippen LogP contribution in [0.3, 0.4) is 0 Å². The number of para-hydroxylation sites is 1. The average molecular weight is 482 g/mol. The fourth-order valence-electron chi connectivity index (χ4n) is 3.96. The number of alkyl carbamates (subject to hydrolysis) is 1. The maximum absolute atomic E-state index is 12.6. The predicted octanol–water partition coefficient (Wildman–Crippen LogP) is 2.94. The maximum Gasteiger partial charge on any atom is 0.408 e. The third-order valence-electron chi connectivity index (χ3n) is 5.28. The Labute approximate surface area is 194 Å². The van der Waals surface area contributed by atoms with Gasteiger partial charge in [-0.3, -0.25) is 4.79 Å². The lowest BCUT2D eigenvalue weighted by atomic mass is 10.0. The van der Waals surface area contributed by atoms with Gasteiger partial charge in [-0.15, -0.1) is 0 Å². The number of anilines is 1. The minimum Gasteiger partial charge on any atom is -0.444 e. The van der Waals surface area contributed by atoms with E-state index in [0.717, 1.165) is 29.7 Å². The Balaban J connectivity index is 1.90. The normalized spacial score (nSPS) is 23.3. The second-order valence-corrected chi connectivity index (χ2v) is 12.3. The quantitative estimate of drug-likeness (QED) is 0.689. The first-order valence-corrected chi connectivity index (χ1v) is 13.5. The van der Waals surface area contributed by atoms with E-state index in [1.54, 1.807) is 20.8 Å². The summed E-state index contributed by atoms with van der Waals surface area (Å²) in [6, 6.07) is 5.78. The van der Waals surface area contributed by atoms with Crippen molar-refractivity contribution in [3.05, 3.63) is 29.3 Å². The van der Waals surface area contributed by atoms with Gasteiger partial charge in [-0.1, -0.05) is 43.8 Å². The fraction of sp³-hybridized carbons (Fsp3) is 0.591. The van der Waals surface area contributed by atoms with E-state index in [0.29, 0.717) is 5.17 Å². The van der Waals surface area contributed by atoms with E-state index in [1.165, 1.54) is 11.8 Å². The summed E-state index contributed by atoms with van der Waals surface area (Å²) in [5.74, 6) is -0.411. The molecule has 8 nitrogen and oxygen atoms in total. The fourth-order valence-corrected chi connectivity index (χ4v) is 7.88. The van der Waals surface area contributed by atoms with Gasteiger partial charge in [0.05, 0.1) is 17.5 Å². The number of carbonyl (C=O) groups excluding carboxylic acids is 2. The van der Waals surface area contributed by atoms with Gasteiger partial charge in [-0.2, -0.15) is 4.99 Å². The van der Waals surface area contributed by atoms with Crippen LogP contribution in [0.2, 0.25) is 0 Å². The van der Waals surface area contributed by atoms with E-state index in [9.17, 15) is 18.0 Å². The van der Waals surface area contributed by atoms with Crippen LogP contribution in [0.4, 0.5) is 10.5 Å². The number of ether oxygens (including phenoxy) is 1. The third kappa shape index (κ3) is 5.64. The molecule has 0 aromatic heterocycles. The molecule has 10 heteroatoms. The van der Waals surface area contributed by atoms with Gasteiger partial charge in [0, 0.05) is 10.9 Å². The number of aryl methyl sites for hydroxylation is 2. The SMILES string of the molecule is CCc1cccc(CC)c1N1C(=NC(=O)CNC(=O)OC(C)(C)C)SC2CS(=O)(=O)CC21. The molecular formula is C22H31N3O5S2. The zero-order valence-electron chi connectivity index (χ0n) is 19.2. The lowest BCUT2D eigenvalue weighted by Crippen LogP contribution is -2.39. The van der Waals surface area contributed by atoms with Crippen LogP contribution in [0.15, 0.2) is 23.2 Å². The second kappa shape index (κ2) is 9.43. The summed E-state index contributed by atoms with van der Waals surface area (Å²) in [5, 5.41) is 2.74. The van der Waals surface area contributed by atoms with E-state index >= 15 is 0 Å². The molecule has 1 N–H and O–H groups in total. The average Bonchev–Trinajstić information content (AvgIpc) is 3.15. The highest BCUT2D eigenvalue weighted by Gasteiger charge is 2.50. The number of hydrogen-bond donors (Lipinski definition) is 1. The number of sulfone groups is 1. The van der Waals surface area contributed by atoms with Gasteiger partial charge in [0.15, 0.2) is 15.0 Å². The Morgan fingerprint density at radius 1 is 1.19 bits per heavy atom. The van der Waals surface area contributed by atoms with Crippen LogP contribution in [0.25, 0.3) is 0 Å². The molecule has 0 spiro atoms. The summed E-state index contributed by atoms with van der Waals surface area (Å²) in [5.41, 5.74) is 2.45. The Kier molecular flexibility index (Phi) is 7.24. The van der Waals surface area contributed by atoms with Gasteiger partial charge >= 0.3 is 6.09 Å². The van der Waals surface area contributed by atoms with Crippen LogP contribution < -0.4 is 10.2 Å². The summed E-state index contributed by atoms with van der Waals surface area (Å²) in [6.07, 6.45) is 0.862. The number of nitrogens with zero attached hydrogens (tertiary/aromatic N) is 2. The molecular weight excluding hydrogens is 450 g/mol. The molecule has 1 aromatic rings. The minimum atomic E-state index is -3.15. The Bertz CT molecular complexity index is 1010.